The number of nitrogens with one attached hydrogen (secondary N) is 2. The summed E-state index contributed by atoms with van der Waals surface area (Å²) in [5.74, 6) is 0.704. The molecule has 4 nitrogen and oxygen atoms in total. The number of hydrazone groups is 1. The van der Waals surface area contributed by atoms with Crippen molar-refractivity contribution in [3.05, 3.63) is 57.0 Å². The molecule has 2 rings (SSSR count). The van der Waals surface area contributed by atoms with Gasteiger partial charge in [0.2, 0.25) is 0 Å². The molecule has 0 heterocycles. The minimum atomic E-state index is 0.412. The first-order chi connectivity index (χ1) is 10.6. The standard InChI is InChI=1S/C15H13Br2N3OS/c1-21-14-10(7-11(16)8-13(14)17)9-18-20-15(22)19-12-5-3-2-4-6-12/h2-9H,1H3,(H2,19,20,22)/b18-9+. The van der Waals surface area contributed by atoms with Crippen molar-refractivity contribution in [2.24, 2.45) is 5.10 Å². The molecule has 0 atom stereocenters. The van der Waals surface area contributed by atoms with Crippen LogP contribution in [0, 0.1) is 0 Å². The van der Waals surface area contributed by atoms with Gasteiger partial charge in [0.15, 0.2) is 5.11 Å². The molecule has 0 amide bonds. The molecule has 2 N–H and O–H groups in total. The summed E-state index contributed by atoms with van der Waals surface area (Å²) in [6.07, 6.45) is 1.65. The fourth-order valence-electron chi connectivity index (χ4n) is 1.73. The van der Waals surface area contributed by atoms with Crippen molar-refractivity contribution >= 4 is 61.1 Å². The summed E-state index contributed by atoms with van der Waals surface area (Å²) < 4.78 is 7.12. The van der Waals surface area contributed by atoms with Crippen LogP contribution in [0.4, 0.5) is 5.69 Å². The van der Waals surface area contributed by atoms with Crippen molar-refractivity contribution in [2.45, 2.75) is 0 Å². The van der Waals surface area contributed by atoms with Crippen molar-refractivity contribution in [3.8, 4) is 5.75 Å². The fourth-order valence-corrected chi connectivity index (χ4v) is 3.32. The molecule has 0 aromatic heterocycles. The number of rotatable bonds is 4. The predicted octanol–water partition coefficient (Wildman–Crippen LogP) is 4.54. The number of nitrogens with zero attached hydrogens (tertiary/aromatic N) is 1. The van der Waals surface area contributed by atoms with Gasteiger partial charge in [-0.3, -0.25) is 5.43 Å². The summed E-state index contributed by atoms with van der Waals surface area (Å²) in [5.41, 5.74) is 4.49. The van der Waals surface area contributed by atoms with Crippen LogP contribution >= 0.6 is 44.1 Å². The Morgan fingerprint density at radius 2 is 1.95 bits per heavy atom. The van der Waals surface area contributed by atoms with Gasteiger partial charge in [0.25, 0.3) is 0 Å². The van der Waals surface area contributed by atoms with Crippen LogP contribution in [0.2, 0.25) is 0 Å². The van der Waals surface area contributed by atoms with Gasteiger partial charge < -0.3 is 10.1 Å². The van der Waals surface area contributed by atoms with Gasteiger partial charge in [0, 0.05) is 15.7 Å². The average Bonchev–Trinajstić information content (AvgIpc) is 2.48. The van der Waals surface area contributed by atoms with Crippen LogP contribution in [0.1, 0.15) is 5.56 Å². The fraction of sp³-hybridized carbons (Fsp3) is 0.0667. The van der Waals surface area contributed by atoms with Crippen LogP contribution in [0.5, 0.6) is 5.75 Å². The van der Waals surface area contributed by atoms with E-state index >= 15 is 0 Å². The Kier molecular flexibility index (Phi) is 6.35. The first-order valence-electron chi connectivity index (χ1n) is 6.28. The number of hydrogen-bond acceptors (Lipinski definition) is 3. The Labute approximate surface area is 151 Å². The highest BCUT2D eigenvalue weighted by Gasteiger charge is 2.07. The van der Waals surface area contributed by atoms with Gasteiger partial charge in [-0.1, -0.05) is 34.1 Å². The Morgan fingerprint density at radius 1 is 1.23 bits per heavy atom. The topological polar surface area (TPSA) is 45.6 Å². The number of benzene rings is 2. The lowest BCUT2D eigenvalue weighted by atomic mass is 10.2. The molecule has 0 aliphatic heterocycles. The number of anilines is 1. The number of ether oxygens (including phenoxy) is 1. The summed E-state index contributed by atoms with van der Waals surface area (Å²) in [4.78, 5) is 0. The van der Waals surface area contributed by atoms with Crippen molar-refractivity contribution < 1.29 is 4.74 Å². The van der Waals surface area contributed by atoms with E-state index < -0.39 is 0 Å². The molecule has 0 radical (unpaired) electrons. The van der Waals surface area contributed by atoms with E-state index in [4.69, 9.17) is 17.0 Å². The van der Waals surface area contributed by atoms with Crippen molar-refractivity contribution in [3.63, 3.8) is 0 Å². The maximum absolute atomic E-state index is 5.35. The van der Waals surface area contributed by atoms with Gasteiger partial charge in [-0.05, 0) is 52.4 Å². The largest absolute Gasteiger partial charge is 0.495 e. The van der Waals surface area contributed by atoms with Crippen LogP contribution in [-0.2, 0) is 0 Å². The van der Waals surface area contributed by atoms with E-state index in [1.165, 1.54) is 0 Å². The normalized spacial score (nSPS) is 10.5. The molecule has 7 heteroatoms. The number of thiocarbonyl (C=S) groups is 1. The molecule has 0 aliphatic carbocycles. The first-order valence-corrected chi connectivity index (χ1v) is 8.27. The molecule has 114 valence electrons. The van der Waals surface area contributed by atoms with Gasteiger partial charge in [0.05, 0.1) is 17.8 Å². The summed E-state index contributed by atoms with van der Waals surface area (Å²) in [6, 6.07) is 13.5. The molecular weight excluding hydrogens is 430 g/mol. The predicted molar refractivity (Wildman–Crippen MR) is 102 cm³/mol. The minimum absolute atomic E-state index is 0.412. The molecule has 22 heavy (non-hydrogen) atoms. The smallest absolute Gasteiger partial charge is 0.191 e. The number of para-hydroxylation sites is 1. The van der Waals surface area contributed by atoms with Crippen molar-refractivity contribution in [1.29, 1.82) is 0 Å². The Bertz CT molecular complexity index is 693. The molecule has 0 fully saturated rings. The molecule has 0 aliphatic rings. The van der Waals surface area contributed by atoms with Crippen molar-refractivity contribution in [2.75, 3.05) is 12.4 Å². The molecule has 2 aromatic rings. The zero-order valence-corrected chi connectivity index (χ0v) is 15.6. The first kappa shape index (κ1) is 16.9. The van der Waals surface area contributed by atoms with E-state index in [1.54, 1.807) is 13.3 Å². The third-order valence-corrected chi connectivity index (χ3v) is 3.88. The van der Waals surface area contributed by atoms with Gasteiger partial charge in [0.1, 0.15) is 5.75 Å². The number of halogens is 2. The number of hydrogen-bond donors (Lipinski definition) is 2. The van der Waals surface area contributed by atoms with Gasteiger partial charge in [-0.15, -0.1) is 0 Å². The van der Waals surface area contributed by atoms with Crippen LogP contribution < -0.4 is 15.5 Å². The maximum Gasteiger partial charge on any atom is 0.191 e. The lowest BCUT2D eigenvalue weighted by Crippen LogP contribution is -2.23. The lowest BCUT2D eigenvalue weighted by molar-refractivity contribution is 0.411. The molecule has 0 bridgehead atoms. The highest BCUT2D eigenvalue weighted by Crippen LogP contribution is 2.31. The van der Waals surface area contributed by atoms with Crippen LogP contribution in [-0.4, -0.2) is 18.4 Å². The number of methoxy groups -OCH3 is 1. The highest BCUT2D eigenvalue weighted by molar-refractivity contribution is 9.11. The van der Waals surface area contributed by atoms with Crippen LogP contribution in [0.15, 0.2) is 56.5 Å². The Hall–Kier alpha value is -1.44. The van der Waals surface area contributed by atoms with E-state index in [1.807, 2.05) is 42.5 Å². The zero-order valence-electron chi connectivity index (χ0n) is 11.6. The monoisotopic (exact) mass is 441 g/mol. The molecule has 0 unspecified atom stereocenters. The lowest BCUT2D eigenvalue weighted by Gasteiger charge is -2.09. The average molecular weight is 443 g/mol. The molecule has 0 spiro atoms. The second-order valence-corrected chi connectivity index (χ2v) is 6.38. The van der Waals surface area contributed by atoms with Crippen molar-refractivity contribution in [1.82, 2.24) is 5.43 Å². The highest BCUT2D eigenvalue weighted by atomic mass is 79.9. The van der Waals surface area contributed by atoms with E-state index in [9.17, 15) is 0 Å². The van der Waals surface area contributed by atoms with E-state index in [0.29, 0.717) is 10.9 Å². The molecule has 2 aromatic carbocycles. The quantitative estimate of drug-likeness (QED) is 0.414. The summed E-state index contributed by atoms with van der Waals surface area (Å²) in [7, 11) is 1.61. The van der Waals surface area contributed by atoms with Gasteiger partial charge in [-0.25, -0.2) is 0 Å². The Morgan fingerprint density at radius 3 is 2.64 bits per heavy atom. The summed E-state index contributed by atoms with van der Waals surface area (Å²) >= 11 is 12.1. The van der Waals surface area contributed by atoms with E-state index in [0.717, 1.165) is 20.2 Å². The third-order valence-electron chi connectivity index (χ3n) is 2.64. The maximum atomic E-state index is 5.35. The van der Waals surface area contributed by atoms with Crippen LogP contribution in [0.3, 0.4) is 0 Å². The second kappa shape index (κ2) is 8.26. The van der Waals surface area contributed by atoms with Crippen LogP contribution in [0.25, 0.3) is 0 Å². The zero-order chi connectivity index (χ0) is 15.9. The van der Waals surface area contributed by atoms with Gasteiger partial charge >= 0.3 is 0 Å². The van der Waals surface area contributed by atoms with Gasteiger partial charge in [-0.2, -0.15) is 5.10 Å². The molecular formula is C15H13Br2N3OS. The summed E-state index contributed by atoms with van der Waals surface area (Å²) in [5, 5.41) is 7.58. The summed E-state index contributed by atoms with van der Waals surface area (Å²) in [6.45, 7) is 0. The minimum Gasteiger partial charge on any atom is -0.495 e. The van der Waals surface area contributed by atoms with E-state index in [2.05, 4.69) is 47.7 Å². The van der Waals surface area contributed by atoms with E-state index in [-0.39, 0.29) is 0 Å². The molecule has 0 saturated heterocycles. The Balaban J connectivity index is 2.02. The second-order valence-electron chi connectivity index (χ2n) is 4.20. The molecule has 0 saturated carbocycles. The SMILES string of the molecule is COc1c(Br)cc(Br)cc1/C=N/NC(=S)Nc1ccccc1. The third kappa shape index (κ3) is 4.79.